The number of carbonyl (C=O) groups excluding carboxylic acids is 3. The van der Waals surface area contributed by atoms with Gasteiger partial charge in [-0.1, -0.05) is 24.3 Å². The van der Waals surface area contributed by atoms with E-state index in [0.29, 0.717) is 22.0 Å². The maximum Gasteiger partial charge on any atom is 0.324 e. The Balaban J connectivity index is 1.29. The predicted octanol–water partition coefficient (Wildman–Crippen LogP) is 2.09. The highest BCUT2D eigenvalue weighted by Crippen LogP contribution is 2.26. The Bertz CT molecular complexity index is 1340. The molecule has 0 bridgehead atoms. The normalized spacial score (nSPS) is 13.3. The third-order valence-electron chi connectivity index (χ3n) is 4.95. The first-order valence-corrected chi connectivity index (χ1v) is 10.7. The van der Waals surface area contributed by atoms with Gasteiger partial charge in [0.25, 0.3) is 5.91 Å². The van der Waals surface area contributed by atoms with Gasteiger partial charge in [-0.2, -0.15) is 0 Å². The number of hydrogen-bond acceptors (Lipinski definition) is 8. The lowest BCUT2D eigenvalue weighted by Crippen LogP contribution is -2.30. The van der Waals surface area contributed by atoms with Gasteiger partial charge in [0.1, 0.15) is 6.33 Å². The minimum Gasteiger partial charge on any atom is -0.329 e. The Labute approximate surface area is 191 Å². The summed E-state index contributed by atoms with van der Waals surface area (Å²) in [5.41, 5.74) is 3.43. The molecule has 3 heterocycles. The van der Waals surface area contributed by atoms with Crippen LogP contribution in [-0.2, 0) is 11.3 Å². The molecule has 33 heavy (non-hydrogen) atoms. The Morgan fingerprint density at radius 1 is 1.15 bits per heavy atom. The molecule has 4 amide bonds. The predicted molar refractivity (Wildman–Crippen MR) is 119 cm³/mol. The molecule has 1 saturated heterocycles. The van der Waals surface area contributed by atoms with Gasteiger partial charge >= 0.3 is 6.03 Å². The summed E-state index contributed by atoms with van der Waals surface area (Å²) in [6.07, 6.45) is 1.51. The second-order valence-electron chi connectivity index (χ2n) is 7.14. The van der Waals surface area contributed by atoms with E-state index in [1.54, 1.807) is 28.9 Å². The number of thiazole rings is 1. The topological polar surface area (TPSA) is 135 Å². The van der Waals surface area contributed by atoms with Crippen molar-refractivity contribution in [1.29, 1.82) is 0 Å². The van der Waals surface area contributed by atoms with Crippen LogP contribution >= 0.6 is 11.3 Å². The van der Waals surface area contributed by atoms with Gasteiger partial charge < -0.3 is 5.32 Å². The molecule has 4 aromatic rings. The first kappa shape index (κ1) is 20.5. The summed E-state index contributed by atoms with van der Waals surface area (Å²) in [5.74, 6) is -0.633. The van der Waals surface area contributed by atoms with E-state index in [1.165, 1.54) is 17.7 Å². The van der Waals surface area contributed by atoms with Gasteiger partial charge in [-0.25, -0.2) is 14.5 Å². The van der Waals surface area contributed by atoms with Crippen LogP contribution in [0, 0.1) is 0 Å². The van der Waals surface area contributed by atoms with Crippen molar-refractivity contribution in [3.8, 4) is 16.9 Å². The molecule has 2 aromatic carbocycles. The number of nitrogens with zero attached hydrogens (tertiary/aromatic N) is 6. The number of anilines is 1. The van der Waals surface area contributed by atoms with Crippen LogP contribution < -0.4 is 10.6 Å². The fraction of sp³-hybridized carbons (Fsp3) is 0.0952. The quantitative estimate of drug-likeness (QED) is 0.421. The van der Waals surface area contributed by atoms with Crippen LogP contribution in [0.3, 0.4) is 0 Å². The van der Waals surface area contributed by atoms with Gasteiger partial charge in [0.2, 0.25) is 5.91 Å². The van der Waals surface area contributed by atoms with Gasteiger partial charge in [0.05, 0.1) is 24.5 Å². The summed E-state index contributed by atoms with van der Waals surface area (Å²) < 4.78 is 1.55. The van der Waals surface area contributed by atoms with E-state index in [1.807, 2.05) is 29.6 Å². The number of rotatable bonds is 6. The third kappa shape index (κ3) is 4.32. The highest BCUT2D eigenvalue weighted by molar-refractivity contribution is 7.14. The van der Waals surface area contributed by atoms with Crippen LogP contribution in [-0.4, -0.2) is 54.5 Å². The maximum atomic E-state index is 12.8. The van der Waals surface area contributed by atoms with Crippen molar-refractivity contribution >= 4 is 34.3 Å². The van der Waals surface area contributed by atoms with Gasteiger partial charge in [-0.05, 0) is 40.3 Å². The van der Waals surface area contributed by atoms with Crippen LogP contribution in [0.1, 0.15) is 15.9 Å². The van der Waals surface area contributed by atoms with E-state index in [2.05, 4.69) is 31.1 Å². The molecule has 5 rings (SSSR count). The molecular formula is C21H16N8O3S. The van der Waals surface area contributed by atoms with E-state index >= 15 is 0 Å². The second-order valence-corrected chi connectivity index (χ2v) is 7.99. The highest BCUT2D eigenvalue weighted by Gasteiger charge is 2.28. The van der Waals surface area contributed by atoms with Crippen LogP contribution in [0.25, 0.3) is 16.9 Å². The molecule has 0 radical (unpaired) electrons. The standard InChI is InChI=1S/C21H16N8O3S/c30-18-9-22-21(32)28(18)10-13-3-1-5-15(7-13)19(31)25-20-24-17(11-33-20)14-4-2-6-16(8-14)29-12-23-26-27-29/h1-8,11-12H,9-10H2,(H,22,32)(H,24,25,31). The zero-order valence-corrected chi connectivity index (χ0v) is 17.8. The zero-order chi connectivity index (χ0) is 22.8. The van der Waals surface area contributed by atoms with Crippen molar-refractivity contribution in [3.63, 3.8) is 0 Å². The minimum absolute atomic E-state index is 0.00990. The van der Waals surface area contributed by atoms with E-state index in [-0.39, 0.29) is 24.9 Å². The number of benzene rings is 2. The Hall–Kier alpha value is -4.45. The maximum absolute atomic E-state index is 12.8. The SMILES string of the molecule is O=C(Nc1nc(-c2cccc(-n3cnnn3)c2)cs1)c1cccc(CN2C(=O)CNC2=O)c1. The number of nitrogens with one attached hydrogen (secondary N) is 2. The zero-order valence-electron chi connectivity index (χ0n) is 17.0. The van der Waals surface area contributed by atoms with Crippen molar-refractivity contribution in [2.45, 2.75) is 6.54 Å². The summed E-state index contributed by atoms with van der Waals surface area (Å²) in [7, 11) is 0. The lowest BCUT2D eigenvalue weighted by Gasteiger charge is -2.13. The van der Waals surface area contributed by atoms with Crippen LogP contribution in [0.15, 0.2) is 60.2 Å². The fourth-order valence-corrected chi connectivity index (χ4v) is 4.04. The van der Waals surface area contributed by atoms with Crippen LogP contribution in [0.5, 0.6) is 0 Å². The average molecular weight is 460 g/mol. The molecule has 1 aliphatic rings. The summed E-state index contributed by atoms with van der Waals surface area (Å²) in [6.45, 7) is 0.0921. The Morgan fingerprint density at radius 2 is 2.03 bits per heavy atom. The summed E-state index contributed by atoms with van der Waals surface area (Å²) >= 11 is 1.31. The largest absolute Gasteiger partial charge is 0.329 e. The molecule has 11 nitrogen and oxygen atoms in total. The highest BCUT2D eigenvalue weighted by atomic mass is 32.1. The van der Waals surface area contributed by atoms with E-state index < -0.39 is 6.03 Å². The summed E-state index contributed by atoms with van der Waals surface area (Å²) in [4.78, 5) is 41.9. The first-order valence-electron chi connectivity index (χ1n) is 9.84. The molecule has 0 saturated carbocycles. The number of tetrazole rings is 1. The summed E-state index contributed by atoms with van der Waals surface area (Å²) in [6, 6.07) is 13.9. The Morgan fingerprint density at radius 3 is 2.82 bits per heavy atom. The monoisotopic (exact) mass is 460 g/mol. The lowest BCUT2D eigenvalue weighted by molar-refractivity contribution is -0.125. The van der Waals surface area contributed by atoms with Gasteiger partial charge in [-0.3, -0.25) is 19.8 Å². The number of aromatic nitrogens is 5. The molecule has 0 atom stereocenters. The number of hydrogen-bond donors (Lipinski definition) is 2. The number of urea groups is 1. The van der Waals surface area contributed by atoms with Gasteiger partial charge in [0.15, 0.2) is 5.13 Å². The van der Waals surface area contributed by atoms with Crippen molar-refractivity contribution in [2.75, 3.05) is 11.9 Å². The summed E-state index contributed by atoms with van der Waals surface area (Å²) in [5, 5.41) is 18.7. The molecular weight excluding hydrogens is 444 g/mol. The molecule has 0 spiro atoms. The average Bonchev–Trinajstić information content (AvgIpc) is 3.59. The minimum atomic E-state index is -0.436. The molecule has 2 N–H and O–H groups in total. The molecule has 12 heteroatoms. The second kappa shape index (κ2) is 8.59. The Kier molecular flexibility index (Phi) is 5.32. The molecule has 1 aliphatic heterocycles. The molecule has 2 aromatic heterocycles. The van der Waals surface area contributed by atoms with Gasteiger partial charge in [0, 0.05) is 16.5 Å². The van der Waals surface area contributed by atoms with E-state index in [0.717, 1.165) is 16.2 Å². The van der Waals surface area contributed by atoms with Crippen LogP contribution in [0.4, 0.5) is 9.93 Å². The van der Waals surface area contributed by atoms with Crippen molar-refractivity contribution in [3.05, 3.63) is 71.4 Å². The third-order valence-corrected chi connectivity index (χ3v) is 5.70. The van der Waals surface area contributed by atoms with Crippen molar-refractivity contribution in [1.82, 2.24) is 35.4 Å². The lowest BCUT2D eigenvalue weighted by atomic mass is 10.1. The van der Waals surface area contributed by atoms with E-state index in [4.69, 9.17) is 0 Å². The number of carbonyl (C=O) groups is 3. The van der Waals surface area contributed by atoms with Crippen molar-refractivity contribution < 1.29 is 14.4 Å². The van der Waals surface area contributed by atoms with E-state index in [9.17, 15) is 14.4 Å². The number of amides is 4. The molecule has 0 aliphatic carbocycles. The fourth-order valence-electron chi connectivity index (χ4n) is 3.33. The smallest absolute Gasteiger partial charge is 0.324 e. The van der Waals surface area contributed by atoms with Crippen LogP contribution in [0.2, 0.25) is 0 Å². The molecule has 164 valence electrons. The van der Waals surface area contributed by atoms with Gasteiger partial charge in [-0.15, -0.1) is 16.4 Å². The molecule has 1 fully saturated rings. The number of imide groups is 1. The first-order chi connectivity index (χ1) is 16.1. The molecule has 0 unspecified atom stereocenters. The van der Waals surface area contributed by atoms with Crippen molar-refractivity contribution in [2.24, 2.45) is 0 Å².